The lowest BCUT2D eigenvalue weighted by molar-refractivity contribution is 0.00578. The minimum atomic E-state index is -0.464. The van der Waals surface area contributed by atoms with Crippen LogP contribution in [0.15, 0.2) is 48.8 Å². The van der Waals surface area contributed by atoms with Gasteiger partial charge in [-0.25, -0.2) is 0 Å². The molecule has 0 saturated carbocycles. The summed E-state index contributed by atoms with van der Waals surface area (Å²) in [4.78, 5) is 18.8. The Kier molecular flexibility index (Phi) is 6.06. The van der Waals surface area contributed by atoms with Gasteiger partial charge in [-0.05, 0) is 56.9 Å². The van der Waals surface area contributed by atoms with Gasteiger partial charge in [0, 0.05) is 31.0 Å². The number of hydrogen-bond acceptors (Lipinski definition) is 5. The highest BCUT2D eigenvalue weighted by molar-refractivity contribution is 6.62. The molecule has 0 unspecified atom stereocenters. The highest BCUT2D eigenvalue weighted by Crippen LogP contribution is 2.36. The van der Waals surface area contributed by atoms with E-state index in [2.05, 4.69) is 11.1 Å². The van der Waals surface area contributed by atoms with Gasteiger partial charge in [0.15, 0.2) is 0 Å². The third-order valence-electron chi connectivity index (χ3n) is 5.56. The summed E-state index contributed by atoms with van der Waals surface area (Å²) < 4.78 is 12.1. The Hall–Kier alpha value is -2.69. The summed E-state index contributed by atoms with van der Waals surface area (Å²) in [5.74, 6) is -0.121. The van der Waals surface area contributed by atoms with Crippen LogP contribution in [0.25, 0.3) is 0 Å². The van der Waals surface area contributed by atoms with Crippen LogP contribution in [0.3, 0.4) is 0 Å². The fourth-order valence-corrected chi connectivity index (χ4v) is 3.09. The molecule has 0 atom stereocenters. The molecule has 7 heteroatoms. The SMILES string of the molecule is CC1(C)OB(c2ccc(C(=O)N(CCC#N)Cc3cccnc3)cc2)OC1(C)C. The summed E-state index contributed by atoms with van der Waals surface area (Å²) in [6, 6.07) is 13.2. The first-order chi connectivity index (χ1) is 13.7. The van der Waals surface area contributed by atoms with E-state index in [1.54, 1.807) is 29.4 Å². The molecule has 1 aromatic carbocycles. The van der Waals surface area contributed by atoms with Gasteiger partial charge in [0.25, 0.3) is 5.91 Å². The minimum Gasteiger partial charge on any atom is -0.399 e. The van der Waals surface area contributed by atoms with Crippen LogP contribution in [-0.2, 0) is 15.9 Å². The molecular weight excluding hydrogens is 365 g/mol. The largest absolute Gasteiger partial charge is 0.494 e. The maximum absolute atomic E-state index is 13.0. The number of carbonyl (C=O) groups is 1. The second-order valence-corrected chi connectivity index (χ2v) is 8.21. The zero-order chi connectivity index (χ0) is 21.1. The molecule has 2 aromatic rings. The number of carbonyl (C=O) groups excluding carboxylic acids is 1. The third-order valence-corrected chi connectivity index (χ3v) is 5.56. The molecule has 0 bridgehead atoms. The summed E-state index contributed by atoms with van der Waals surface area (Å²) in [7, 11) is -0.464. The Bertz CT molecular complexity index is 876. The van der Waals surface area contributed by atoms with Crippen molar-refractivity contribution >= 4 is 18.5 Å². The molecule has 6 nitrogen and oxygen atoms in total. The van der Waals surface area contributed by atoms with Crippen molar-refractivity contribution in [3.63, 3.8) is 0 Å². The molecule has 1 fully saturated rings. The van der Waals surface area contributed by atoms with Crippen molar-refractivity contribution in [2.24, 2.45) is 0 Å². The number of hydrogen-bond donors (Lipinski definition) is 0. The van der Waals surface area contributed by atoms with Gasteiger partial charge < -0.3 is 14.2 Å². The predicted octanol–water partition coefficient (Wildman–Crippen LogP) is 2.94. The Morgan fingerprint density at radius 3 is 2.34 bits per heavy atom. The Morgan fingerprint density at radius 2 is 1.79 bits per heavy atom. The van der Waals surface area contributed by atoms with E-state index < -0.39 is 18.3 Å². The number of amides is 1. The molecule has 2 heterocycles. The number of nitriles is 1. The number of pyridine rings is 1. The summed E-state index contributed by atoms with van der Waals surface area (Å²) in [6.45, 7) is 8.82. The molecule has 0 aliphatic carbocycles. The van der Waals surface area contributed by atoms with Gasteiger partial charge in [0.2, 0.25) is 0 Å². The number of rotatable bonds is 6. The van der Waals surface area contributed by atoms with Gasteiger partial charge in [-0.15, -0.1) is 0 Å². The van der Waals surface area contributed by atoms with Crippen LogP contribution in [-0.4, -0.2) is 40.7 Å². The van der Waals surface area contributed by atoms with Crippen LogP contribution >= 0.6 is 0 Å². The van der Waals surface area contributed by atoms with Crippen molar-refractivity contribution in [2.75, 3.05) is 6.54 Å². The predicted molar refractivity (Wildman–Crippen MR) is 111 cm³/mol. The molecule has 29 heavy (non-hydrogen) atoms. The van der Waals surface area contributed by atoms with Crippen molar-refractivity contribution in [3.05, 3.63) is 59.9 Å². The normalized spacial score (nSPS) is 17.0. The number of nitrogens with zero attached hydrogens (tertiary/aromatic N) is 3. The second-order valence-electron chi connectivity index (χ2n) is 8.21. The molecular formula is C22H26BN3O3. The maximum Gasteiger partial charge on any atom is 0.494 e. The Balaban J connectivity index is 1.75. The zero-order valence-electron chi connectivity index (χ0n) is 17.4. The van der Waals surface area contributed by atoms with Gasteiger partial charge >= 0.3 is 7.12 Å². The zero-order valence-corrected chi connectivity index (χ0v) is 17.4. The summed E-state index contributed by atoms with van der Waals surface area (Å²) in [5.41, 5.74) is 1.53. The molecule has 0 N–H and O–H groups in total. The number of aromatic nitrogens is 1. The van der Waals surface area contributed by atoms with Gasteiger partial charge in [0.05, 0.1) is 23.7 Å². The molecule has 0 spiro atoms. The van der Waals surface area contributed by atoms with E-state index in [0.717, 1.165) is 11.0 Å². The first kappa shape index (κ1) is 21.0. The minimum absolute atomic E-state index is 0.121. The Morgan fingerprint density at radius 1 is 1.14 bits per heavy atom. The first-order valence-electron chi connectivity index (χ1n) is 9.74. The third kappa shape index (κ3) is 4.66. The fraction of sp³-hybridized carbons (Fsp3) is 0.409. The lowest BCUT2D eigenvalue weighted by atomic mass is 9.79. The van der Waals surface area contributed by atoms with E-state index in [-0.39, 0.29) is 12.3 Å². The van der Waals surface area contributed by atoms with Crippen molar-refractivity contribution in [2.45, 2.75) is 51.9 Å². The summed E-state index contributed by atoms with van der Waals surface area (Å²) in [5, 5.41) is 8.95. The van der Waals surface area contributed by atoms with Crippen LogP contribution in [0.4, 0.5) is 0 Å². The molecule has 1 aliphatic rings. The van der Waals surface area contributed by atoms with Gasteiger partial charge in [0.1, 0.15) is 0 Å². The fourth-order valence-electron chi connectivity index (χ4n) is 3.09. The quantitative estimate of drug-likeness (QED) is 0.708. The van der Waals surface area contributed by atoms with Crippen molar-refractivity contribution in [1.29, 1.82) is 5.26 Å². The monoisotopic (exact) mass is 391 g/mol. The lowest BCUT2D eigenvalue weighted by Crippen LogP contribution is -2.41. The molecule has 1 saturated heterocycles. The van der Waals surface area contributed by atoms with Gasteiger partial charge in [-0.1, -0.05) is 18.2 Å². The summed E-state index contributed by atoms with van der Waals surface area (Å²) >= 11 is 0. The molecule has 0 radical (unpaired) electrons. The van der Waals surface area contributed by atoms with E-state index in [1.807, 2.05) is 52.0 Å². The van der Waals surface area contributed by atoms with Crippen molar-refractivity contribution < 1.29 is 14.1 Å². The van der Waals surface area contributed by atoms with Crippen LogP contribution in [0, 0.1) is 11.3 Å². The molecule has 1 aromatic heterocycles. The van der Waals surface area contributed by atoms with Crippen LogP contribution in [0.2, 0.25) is 0 Å². The Labute approximate surface area is 172 Å². The topological polar surface area (TPSA) is 75.5 Å². The second kappa shape index (κ2) is 8.36. The van der Waals surface area contributed by atoms with Crippen molar-refractivity contribution in [1.82, 2.24) is 9.88 Å². The van der Waals surface area contributed by atoms with Crippen LogP contribution in [0.1, 0.15) is 50.0 Å². The average molecular weight is 391 g/mol. The summed E-state index contributed by atoms with van der Waals surface area (Å²) in [6.07, 6.45) is 3.70. The van der Waals surface area contributed by atoms with E-state index >= 15 is 0 Å². The van der Waals surface area contributed by atoms with Crippen LogP contribution < -0.4 is 5.46 Å². The molecule has 150 valence electrons. The molecule has 1 amide bonds. The molecule has 3 rings (SSSR count). The standard InChI is InChI=1S/C22H26BN3O3/c1-21(2)22(3,4)29-23(28-21)19-10-8-18(9-11-19)20(27)26(14-6-12-24)16-17-7-5-13-25-15-17/h5,7-11,13,15H,6,14,16H2,1-4H3. The lowest BCUT2D eigenvalue weighted by Gasteiger charge is -2.32. The van der Waals surface area contributed by atoms with E-state index in [1.165, 1.54) is 0 Å². The van der Waals surface area contributed by atoms with Crippen molar-refractivity contribution in [3.8, 4) is 6.07 Å². The number of benzene rings is 1. The van der Waals surface area contributed by atoms with Gasteiger partial charge in [-0.2, -0.15) is 5.26 Å². The smallest absolute Gasteiger partial charge is 0.399 e. The maximum atomic E-state index is 13.0. The van der Waals surface area contributed by atoms with Crippen LogP contribution in [0.5, 0.6) is 0 Å². The highest BCUT2D eigenvalue weighted by Gasteiger charge is 2.51. The average Bonchev–Trinajstić information content (AvgIpc) is 2.92. The van der Waals surface area contributed by atoms with E-state index in [4.69, 9.17) is 14.6 Å². The van der Waals surface area contributed by atoms with Gasteiger partial charge in [-0.3, -0.25) is 9.78 Å². The molecule has 1 aliphatic heterocycles. The van der Waals surface area contributed by atoms with E-state index in [9.17, 15) is 4.79 Å². The van der Waals surface area contributed by atoms with E-state index in [0.29, 0.717) is 18.7 Å². The highest BCUT2D eigenvalue weighted by atomic mass is 16.7. The first-order valence-corrected chi connectivity index (χ1v) is 9.74.